The Kier molecular flexibility index (Phi) is 4.76. The van der Waals surface area contributed by atoms with Crippen LogP contribution in [0.2, 0.25) is 0 Å². The molecule has 0 saturated carbocycles. The lowest BCUT2D eigenvalue weighted by atomic mass is 10.1. The van der Waals surface area contributed by atoms with Gasteiger partial charge in [0.1, 0.15) is 5.82 Å². The number of terminal acetylenes is 1. The van der Waals surface area contributed by atoms with Crippen LogP contribution in [-0.4, -0.2) is 32.7 Å². The minimum Gasteiger partial charge on any atom is -0.388 e. The summed E-state index contributed by atoms with van der Waals surface area (Å²) in [5.41, 5.74) is 2.17. The van der Waals surface area contributed by atoms with E-state index in [1.165, 1.54) is 6.20 Å². The van der Waals surface area contributed by atoms with Crippen molar-refractivity contribution in [2.24, 2.45) is 0 Å². The van der Waals surface area contributed by atoms with E-state index in [-0.39, 0.29) is 11.9 Å². The summed E-state index contributed by atoms with van der Waals surface area (Å²) in [5.74, 6) is 2.37. The maximum atomic E-state index is 11.6. The van der Waals surface area contributed by atoms with Gasteiger partial charge in [-0.2, -0.15) is 0 Å². The molecule has 0 fully saturated rings. The molecule has 0 atom stereocenters. The first-order chi connectivity index (χ1) is 12.6. The fourth-order valence-electron chi connectivity index (χ4n) is 2.23. The number of aromatic nitrogens is 4. The van der Waals surface area contributed by atoms with Crippen LogP contribution in [0.15, 0.2) is 39.8 Å². The number of urea groups is 1. The second-order valence-electron chi connectivity index (χ2n) is 5.09. The van der Waals surface area contributed by atoms with Gasteiger partial charge in [-0.25, -0.2) is 19.7 Å². The molecule has 9 nitrogen and oxygen atoms in total. The van der Waals surface area contributed by atoms with Gasteiger partial charge >= 0.3 is 11.8 Å². The van der Waals surface area contributed by atoms with Crippen molar-refractivity contribution in [3.8, 4) is 35.1 Å². The van der Waals surface area contributed by atoms with Crippen molar-refractivity contribution >= 4 is 11.8 Å². The van der Waals surface area contributed by atoms with E-state index in [2.05, 4.69) is 36.7 Å². The number of carbonyl (C=O) groups is 1. The standard InChI is InChI=1S/C17H14N6O3/c1-3-10-8-14(21-16(24)18-4-2)20-9-12(10)13-7-11(5-6-19-13)15-22-23-17(25)26-15/h1,5-9H,4H2,2H3,(H,23,25)(H2,18,20,21,24). The fraction of sp³-hybridized carbons (Fsp3) is 0.118. The first kappa shape index (κ1) is 16.9. The Hall–Kier alpha value is -3.93. The van der Waals surface area contributed by atoms with Crippen LogP contribution in [0.1, 0.15) is 12.5 Å². The van der Waals surface area contributed by atoms with Gasteiger partial charge in [-0.3, -0.25) is 10.3 Å². The van der Waals surface area contributed by atoms with Crippen LogP contribution in [0.4, 0.5) is 10.6 Å². The summed E-state index contributed by atoms with van der Waals surface area (Å²) in [4.78, 5) is 31.2. The molecule has 3 rings (SSSR count). The Labute approximate surface area is 147 Å². The molecule has 0 radical (unpaired) electrons. The molecule has 3 aromatic rings. The van der Waals surface area contributed by atoms with Crippen LogP contribution in [0.3, 0.4) is 0 Å². The highest BCUT2D eigenvalue weighted by Crippen LogP contribution is 2.26. The van der Waals surface area contributed by atoms with Crippen LogP contribution in [0.25, 0.3) is 22.7 Å². The van der Waals surface area contributed by atoms with E-state index in [1.807, 2.05) is 6.92 Å². The number of hydrogen-bond donors (Lipinski definition) is 3. The number of nitrogens with zero attached hydrogens (tertiary/aromatic N) is 3. The normalized spacial score (nSPS) is 10.2. The lowest BCUT2D eigenvalue weighted by molar-refractivity contribution is 0.252. The molecule has 0 unspecified atom stereocenters. The van der Waals surface area contributed by atoms with Crippen molar-refractivity contribution in [2.45, 2.75) is 6.92 Å². The maximum Gasteiger partial charge on any atom is 0.434 e. The Bertz CT molecular complexity index is 1050. The second kappa shape index (κ2) is 7.31. The van der Waals surface area contributed by atoms with Gasteiger partial charge in [0.2, 0.25) is 5.89 Å². The van der Waals surface area contributed by atoms with Crippen LogP contribution >= 0.6 is 0 Å². The number of aromatic amines is 1. The summed E-state index contributed by atoms with van der Waals surface area (Å²) in [6, 6.07) is 4.53. The first-order valence-electron chi connectivity index (χ1n) is 7.64. The zero-order valence-corrected chi connectivity index (χ0v) is 13.7. The number of carbonyl (C=O) groups excluding carboxylic acids is 1. The number of amides is 2. The minimum atomic E-state index is -0.648. The van der Waals surface area contributed by atoms with Crippen molar-refractivity contribution in [2.75, 3.05) is 11.9 Å². The smallest absolute Gasteiger partial charge is 0.388 e. The van der Waals surface area contributed by atoms with E-state index >= 15 is 0 Å². The van der Waals surface area contributed by atoms with Crippen molar-refractivity contribution in [3.05, 3.63) is 46.7 Å². The first-order valence-corrected chi connectivity index (χ1v) is 7.64. The molecule has 0 spiro atoms. The van der Waals surface area contributed by atoms with Crippen molar-refractivity contribution in [3.63, 3.8) is 0 Å². The van der Waals surface area contributed by atoms with Crippen molar-refractivity contribution in [1.29, 1.82) is 0 Å². The summed E-state index contributed by atoms with van der Waals surface area (Å²) >= 11 is 0. The van der Waals surface area contributed by atoms with Crippen molar-refractivity contribution in [1.82, 2.24) is 25.5 Å². The average Bonchev–Trinajstić information content (AvgIpc) is 3.08. The predicted molar refractivity (Wildman–Crippen MR) is 94.2 cm³/mol. The molecule has 2 amide bonds. The van der Waals surface area contributed by atoms with Crippen LogP contribution < -0.4 is 16.4 Å². The maximum absolute atomic E-state index is 11.6. The minimum absolute atomic E-state index is 0.142. The Balaban J connectivity index is 1.95. The average molecular weight is 350 g/mol. The summed E-state index contributed by atoms with van der Waals surface area (Å²) in [6.45, 7) is 2.30. The van der Waals surface area contributed by atoms with E-state index in [1.54, 1.807) is 24.4 Å². The molecule has 9 heteroatoms. The highest BCUT2D eigenvalue weighted by molar-refractivity contribution is 5.88. The van der Waals surface area contributed by atoms with Gasteiger partial charge in [0.25, 0.3) is 0 Å². The molecule has 0 bridgehead atoms. The molecule has 3 aromatic heterocycles. The molecular formula is C17H14N6O3. The molecule has 3 N–H and O–H groups in total. The largest absolute Gasteiger partial charge is 0.434 e. The molecule has 26 heavy (non-hydrogen) atoms. The Morgan fingerprint density at radius 2 is 2.23 bits per heavy atom. The summed E-state index contributed by atoms with van der Waals surface area (Å²) in [7, 11) is 0. The van der Waals surface area contributed by atoms with Crippen molar-refractivity contribution < 1.29 is 9.21 Å². The highest BCUT2D eigenvalue weighted by Gasteiger charge is 2.12. The van der Waals surface area contributed by atoms with Crippen LogP contribution in [0, 0.1) is 12.3 Å². The summed E-state index contributed by atoms with van der Waals surface area (Å²) in [6.07, 6.45) is 8.65. The van der Waals surface area contributed by atoms with Gasteiger partial charge < -0.3 is 9.73 Å². The van der Waals surface area contributed by atoms with Crippen LogP contribution in [-0.2, 0) is 0 Å². The monoisotopic (exact) mass is 350 g/mol. The molecule has 0 aliphatic rings. The van der Waals surface area contributed by atoms with Gasteiger partial charge in [0, 0.05) is 35.6 Å². The topological polar surface area (TPSA) is 126 Å². The predicted octanol–water partition coefficient (Wildman–Crippen LogP) is 1.61. The Morgan fingerprint density at radius 3 is 2.92 bits per heavy atom. The van der Waals surface area contributed by atoms with Gasteiger partial charge in [-0.1, -0.05) is 5.92 Å². The molecule has 3 heterocycles. The SMILES string of the molecule is C#Cc1cc(NC(=O)NCC)ncc1-c1cc(-c2n[nH]c(=O)o2)ccn1. The van der Waals surface area contributed by atoms with Gasteiger partial charge in [-0.05, 0) is 25.1 Å². The molecule has 0 saturated heterocycles. The number of anilines is 1. The fourth-order valence-corrected chi connectivity index (χ4v) is 2.23. The third-order valence-corrected chi connectivity index (χ3v) is 3.36. The molecular weight excluding hydrogens is 336 g/mol. The van der Waals surface area contributed by atoms with E-state index in [4.69, 9.17) is 10.8 Å². The second-order valence-corrected chi connectivity index (χ2v) is 5.09. The highest BCUT2D eigenvalue weighted by atomic mass is 16.4. The van der Waals surface area contributed by atoms with E-state index in [0.717, 1.165) is 0 Å². The van der Waals surface area contributed by atoms with Crippen LogP contribution in [0.5, 0.6) is 0 Å². The molecule has 0 aromatic carbocycles. The van der Waals surface area contributed by atoms with Gasteiger partial charge in [0.15, 0.2) is 0 Å². The lowest BCUT2D eigenvalue weighted by Crippen LogP contribution is -2.28. The summed E-state index contributed by atoms with van der Waals surface area (Å²) < 4.78 is 4.94. The third-order valence-electron chi connectivity index (χ3n) is 3.36. The number of H-pyrrole nitrogens is 1. The zero-order valence-electron chi connectivity index (χ0n) is 13.7. The van der Waals surface area contributed by atoms with E-state index < -0.39 is 5.76 Å². The number of nitrogens with one attached hydrogen (secondary N) is 3. The number of pyridine rings is 2. The lowest BCUT2D eigenvalue weighted by Gasteiger charge is -2.09. The summed E-state index contributed by atoms with van der Waals surface area (Å²) in [5, 5.41) is 11.2. The van der Waals surface area contributed by atoms with E-state index in [0.29, 0.717) is 34.7 Å². The molecule has 0 aliphatic carbocycles. The quantitative estimate of drug-likeness (QED) is 0.614. The van der Waals surface area contributed by atoms with E-state index in [9.17, 15) is 9.59 Å². The zero-order chi connectivity index (χ0) is 18.5. The van der Waals surface area contributed by atoms with Gasteiger partial charge in [0.05, 0.1) is 5.69 Å². The van der Waals surface area contributed by atoms with Gasteiger partial charge in [-0.15, -0.1) is 11.5 Å². The molecule has 0 aliphatic heterocycles. The molecule has 130 valence electrons. The number of rotatable bonds is 4. The third kappa shape index (κ3) is 3.59. The Morgan fingerprint density at radius 1 is 1.38 bits per heavy atom. The number of hydrogen-bond acceptors (Lipinski definition) is 6.